The van der Waals surface area contributed by atoms with E-state index in [1.165, 1.54) is 12.1 Å². The number of piperazine rings is 1. The number of carbonyl (C=O) groups excluding carboxylic acids is 1. The molecule has 1 heterocycles. The van der Waals surface area contributed by atoms with Crippen molar-refractivity contribution in [3.05, 3.63) is 70.2 Å². The fourth-order valence-electron chi connectivity index (χ4n) is 2.96. The van der Waals surface area contributed by atoms with Crippen LogP contribution in [0, 0.1) is 11.6 Å². The molecule has 2 aromatic carbocycles. The molecule has 126 valence electrons. The molecule has 3 nitrogen and oxygen atoms in total. The Balaban J connectivity index is 1.82. The molecule has 1 aliphatic heterocycles. The highest BCUT2D eigenvalue weighted by atomic mass is 35.5. The lowest BCUT2D eigenvalue weighted by Crippen LogP contribution is -2.49. The predicted molar refractivity (Wildman–Crippen MR) is 88.8 cm³/mol. The number of carbonyl (C=O) groups is 1. The first kappa shape index (κ1) is 16.9. The highest BCUT2D eigenvalue weighted by Crippen LogP contribution is 2.25. The first-order valence-corrected chi connectivity index (χ1v) is 8.12. The summed E-state index contributed by atoms with van der Waals surface area (Å²) < 4.78 is 27.2. The van der Waals surface area contributed by atoms with E-state index in [0.29, 0.717) is 24.7 Å². The van der Waals surface area contributed by atoms with Gasteiger partial charge in [0.1, 0.15) is 0 Å². The average Bonchev–Trinajstić information content (AvgIpc) is 2.59. The maximum absolute atomic E-state index is 13.8. The van der Waals surface area contributed by atoms with Crippen LogP contribution in [0.25, 0.3) is 0 Å². The highest BCUT2D eigenvalue weighted by Gasteiger charge is 2.28. The molecule has 0 radical (unpaired) electrons. The average molecular weight is 351 g/mol. The van der Waals surface area contributed by atoms with Gasteiger partial charge in [-0.05, 0) is 23.8 Å². The Hall–Kier alpha value is -1.98. The van der Waals surface area contributed by atoms with Crippen molar-refractivity contribution in [1.82, 2.24) is 10.2 Å². The van der Waals surface area contributed by atoms with Gasteiger partial charge in [-0.3, -0.25) is 4.79 Å². The van der Waals surface area contributed by atoms with Gasteiger partial charge in [0.2, 0.25) is 5.91 Å². The number of hydrogen-bond acceptors (Lipinski definition) is 2. The van der Waals surface area contributed by atoms with Crippen LogP contribution in [0.5, 0.6) is 0 Å². The first-order chi connectivity index (χ1) is 11.6. The number of rotatable bonds is 3. The molecule has 3 rings (SSSR count). The van der Waals surface area contributed by atoms with Gasteiger partial charge >= 0.3 is 0 Å². The Bertz CT molecular complexity index is 754. The number of benzene rings is 2. The summed E-state index contributed by atoms with van der Waals surface area (Å²) in [6.45, 7) is 1.76. The number of halogens is 3. The smallest absolute Gasteiger partial charge is 0.227 e. The van der Waals surface area contributed by atoms with Crippen molar-refractivity contribution in [2.75, 3.05) is 19.6 Å². The number of nitrogens with zero attached hydrogens (tertiary/aromatic N) is 1. The van der Waals surface area contributed by atoms with Crippen molar-refractivity contribution in [3.63, 3.8) is 0 Å². The number of nitrogens with one attached hydrogen (secondary N) is 1. The minimum Gasteiger partial charge on any atom is -0.333 e. The van der Waals surface area contributed by atoms with Gasteiger partial charge in [-0.2, -0.15) is 0 Å². The summed E-state index contributed by atoms with van der Waals surface area (Å²) in [5.74, 6) is -2.13. The van der Waals surface area contributed by atoms with Crippen molar-refractivity contribution >= 4 is 17.5 Å². The third kappa shape index (κ3) is 3.57. The summed E-state index contributed by atoms with van der Waals surface area (Å²) in [5.41, 5.74) is 0.992. The van der Waals surface area contributed by atoms with E-state index >= 15 is 0 Å². The molecule has 1 amide bonds. The second-order valence-corrected chi connectivity index (χ2v) is 6.19. The highest BCUT2D eigenvalue weighted by molar-refractivity contribution is 6.30. The quantitative estimate of drug-likeness (QED) is 0.921. The molecule has 2 aromatic rings. The summed E-state index contributed by atoms with van der Waals surface area (Å²) in [6, 6.07) is 11.1. The van der Waals surface area contributed by atoms with Crippen LogP contribution in [-0.2, 0) is 11.2 Å². The zero-order chi connectivity index (χ0) is 17.1. The van der Waals surface area contributed by atoms with Crippen LogP contribution in [0.3, 0.4) is 0 Å². The molecule has 0 spiro atoms. The van der Waals surface area contributed by atoms with E-state index in [1.54, 1.807) is 11.0 Å². The largest absolute Gasteiger partial charge is 0.333 e. The standard InChI is InChI=1S/C18H17ClF2N2O/c19-14-5-1-3-12(9-14)16-11-22-7-8-23(16)17(24)10-13-4-2-6-15(20)18(13)21/h1-6,9,16,22H,7-8,10-11H2. The molecule has 1 saturated heterocycles. The van der Waals surface area contributed by atoms with E-state index in [1.807, 2.05) is 18.2 Å². The molecule has 24 heavy (non-hydrogen) atoms. The van der Waals surface area contributed by atoms with E-state index < -0.39 is 11.6 Å². The third-order valence-electron chi connectivity index (χ3n) is 4.17. The Labute approximate surface area is 144 Å². The summed E-state index contributed by atoms with van der Waals surface area (Å²) in [5, 5.41) is 3.85. The molecular weight excluding hydrogens is 334 g/mol. The van der Waals surface area contributed by atoms with Gasteiger partial charge in [-0.25, -0.2) is 8.78 Å². The monoisotopic (exact) mass is 350 g/mol. The van der Waals surface area contributed by atoms with Crippen LogP contribution in [-0.4, -0.2) is 30.4 Å². The molecular formula is C18H17ClF2N2O. The van der Waals surface area contributed by atoms with Crippen molar-refractivity contribution in [1.29, 1.82) is 0 Å². The van der Waals surface area contributed by atoms with Crippen LogP contribution < -0.4 is 5.32 Å². The Kier molecular flexibility index (Phi) is 5.11. The maximum Gasteiger partial charge on any atom is 0.227 e. The minimum absolute atomic E-state index is 0.0726. The first-order valence-electron chi connectivity index (χ1n) is 7.75. The van der Waals surface area contributed by atoms with Crippen LogP contribution in [0.15, 0.2) is 42.5 Å². The molecule has 1 unspecified atom stereocenters. The van der Waals surface area contributed by atoms with Gasteiger partial charge < -0.3 is 10.2 Å². The SMILES string of the molecule is O=C(Cc1cccc(F)c1F)N1CCNCC1c1cccc(Cl)c1. The molecule has 1 fully saturated rings. The molecule has 1 aliphatic rings. The number of hydrogen-bond donors (Lipinski definition) is 1. The van der Waals surface area contributed by atoms with E-state index in [4.69, 9.17) is 11.6 Å². The maximum atomic E-state index is 13.8. The second kappa shape index (κ2) is 7.28. The lowest BCUT2D eigenvalue weighted by Gasteiger charge is -2.36. The second-order valence-electron chi connectivity index (χ2n) is 5.75. The van der Waals surface area contributed by atoms with Crippen molar-refractivity contribution in [2.45, 2.75) is 12.5 Å². The molecule has 1 atom stereocenters. The zero-order valence-electron chi connectivity index (χ0n) is 12.9. The van der Waals surface area contributed by atoms with Crippen LogP contribution in [0.4, 0.5) is 8.78 Å². The van der Waals surface area contributed by atoms with E-state index in [-0.39, 0.29) is 23.9 Å². The Morgan fingerprint density at radius 1 is 1.25 bits per heavy atom. The number of amides is 1. The molecule has 0 bridgehead atoms. The van der Waals surface area contributed by atoms with Crippen LogP contribution in [0.2, 0.25) is 5.02 Å². The molecule has 0 aromatic heterocycles. The van der Waals surface area contributed by atoms with Crippen LogP contribution >= 0.6 is 11.6 Å². The predicted octanol–water partition coefficient (Wildman–Crippen LogP) is 3.33. The fraction of sp³-hybridized carbons (Fsp3) is 0.278. The summed E-state index contributed by atoms with van der Waals surface area (Å²) in [7, 11) is 0. The van der Waals surface area contributed by atoms with Gasteiger partial charge in [0.15, 0.2) is 11.6 Å². The lowest BCUT2D eigenvalue weighted by molar-refractivity contribution is -0.133. The van der Waals surface area contributed by atoms with Gasteiger partial charge in [-0.15, -0.1) is 0 Å². The lowest BCUT2D eigenvalue weighted by atomic mass is 10.0. The van der Waals surface area contributed by atoms with Gasteiger partial charge in [0.05, 0.1) is 12.5 Å². The van der Waals surface area contributed by atoms with E-state index in [9.17, 15) is 13.6 Å². The van der Waals surface area contributed by atoms with Crippen molar-refractivity contribution < 1.29 is 13.6 Å². The Morgan fingerprint density at radius 2 is 2.04 bits per heavy atom. The normalized spacial score (nSPS) is 17.8. The fourth-order valence-corrected chi connectivity index (χ4v) is 3.16. The van der Waals surface area contributed by atoms with Gasteiger partial charge in [0, 0.05) is 30.2 Å². The minimum atomic E-state index is -0.958. The molecule has 1 N–H and O–H groups in total. The third-order valence-corrected chi connectivity index (χ3v) is 4.41. The van der Waals surface area contributed by atoms with E-state index in [0.717, 1.165) is 11.6 Å². The summed E-state index contributed by atoms with van der Waals surface area (Å²) in [6.07, 6.45) is -0.166. The van der Waals surface area contributed by atoms with Crippen LogP contribution in [0.1, 0.15) is 17.2 Å². The van der Waals surface area contributed by atoms with Crippen molar-refractivity contribution in [3.8, 4) is 0 Å². The molecule has 0 aliphatic carbocycles. The van der Waals surface area contributed by atoms with Crippen molar-refractivity contribution in [2.24, 2.45) is 0 Å². The zero-order valence-corrected chi connectivity index (χ0v) is 13.7. The summed E-state index contributed by atoms with van der Waals surface area (Å²) >= 11 is 6.04. The van der Waals surface area contributed by atoms with Gasteiger partial charge in [-0.1, -0.05) is 35.9 Å². The summed E-state index contributed by atoms with van der Waals surface area (Å²) in [4.78, 5) is 14.4. The Morgan fingerprint density at radius 3 is 2.83 bits per heavy atom. The van der Waals surface area contributed by atoms with Gasteiger partial charge in [0.25, 0.3) is 0 Å². The topological polar surface area (TPSA) is 32.3 Å². The van der Waals surface area contributed by atoms with E-state index in [2.05, 4.69) is 5.32 Å². The molecule has 0 saturated carbocycles. The molecule has 6 heteroatoms.